The molecule has 0 amide bonds. The first-order chi connectivity index (χ1) is 14.3. The van der Waals surface area contributed by atoms with Crippen LogP contribution in [0.1, 0.15) is 24.2 Å². The van der Waals surface area contributed by atoms with Crippen LogP contribution in [0, 0.1) is 5.92 Å². The summed E-state index contributed by atoms with van der Waals surface area (Å²) in [4.78, 5) is 15.3. The number of rotatable bonds is 5. The molecule has 1 N–H and O–H groups in total. The number of pyridine rings is 2. The van der Waals surface area contributed by atoms with E-state index in [1.807, 2.05) is 24.3 Å². The van der Waals surface area contributed by atoms with E-state index in [1.54, 1.807) is 18.6 Å². The molecule has 0 saturated carbocycles. The third-order valence-electron chi connectivity index (χ3n) is 5.40. The van der Waals surface area contributed by atoms with Gasteiger partial charge >= 0.3 is 0 Å². The number of hydrogen-bond donors (Lipinski definition) is 1. The minimum Gasteiger partial charge on any atom is -0.451 e. The van der Waals surface area contributed by atoms with E-state index in [0.29, 0.717) is 23.4 Å². The maximum atomic E-state index is 9.14. The summed E-state index contributed by atoms with van der Waals surface area (Å²) < 4.78 is 11.2. The molecule has 0 aromatic carbocycles. The van der Waals surface area contributed by atoms with E-state index in [4.69, 9.17) is 14.0 Å². The van der Waals surface area contributed by atoms with Crippen molar-refractivity contribution in [2.45, 2.75) is 25.9 Å². The number of aromatic nitrogens is 4. The van der Waals surface area contributed by atoms with Crippen LogP contribution in [0.15, 0.2) is 51.8 Å². The van der Waals surface area contributed by atoms with Crippen molar-refractivity contribution in [2.75, 3.05) is 18.0 Å². The average molecular weight is 391 g/mol. The lowest BCUT2D eigenvalue weighted by Gasteiger charge is -2.32. The summed E-state index contributed by atoms with van der Waals surface area (Å²) >= 11 is 0. The molecule has 1 aliphatic rings. The van der Waals surface area contributed by atoms with E-state index in [9.17, 15) is 0 Å². The Kier molecular flexibility index (Phi) is 4.69. The van der Waals surface area contributed by atoms with Crippen molar-refractivity contribution in [2.24, 2.45) is 5.92 Å². The summed E-state index contributed by atoms with van der Waals surface area (Å²) in [7, 11) is 0. The minimum absolute atomic E-state index is 0.0208. The molecule has 5 rings (SSSR count). The molecule has 0 radical (unpaired) electrons. The Morgan fingerprint density at radius 2 is 2.03 bits per heavy atom. The Morgan fingerprint density at radius 1 is 1.14 bits per heavy atom. The van der Waals surface area contributed by atoms with Crippen LogP contribution in [0.5, 0.6) is 0 Å². The van der Waals surface area contributed by atoms with Gasteiger partial charge in [0.15, 0.2) is 11.6 Å². The second-order valence-electron chi connectivity index (χ2n) is 7.36. The van der Waals surface area contributed by atoms with Crippen molar-refractivity contribution in [1.29, 1.82) is 0 Å². The van der Waals surface area contributed by atoms with Crippen LogP contribution in [0.2, 0.25) is 0 Å². The highest BCUT2D eigenvalue weighted by Crippen LogP contribution is 2.28. The molecule has 1 fully saturated rings. The third kappa shape index (κ3) is 3.71. The number of furan rings is 1. The summed E-state index contributed by atoms with van der Waals surface area (Å²) in [6.07, 6.45) is 8.05. The van der Waals surface area contributed by atoms with Gasteiger partial charge < -0.3 is 18.9 Å². The Morgan fingerprint density at radius 3 is 2.79 bits per heavy atom. The lowest BCUT2D eigenvalue weighted by atomic mass is 9.93. The summed E-state index contributed by atoms with van der Waals surface area (Å²) in [6.45, 7) is 1.90. The van der Waals surface area contributed by atoms with Crippen LogP contribution in [0.3, 0.4) is 0 Å². The molecule has 148 valence electrons. The van der Waals surface area contributed by atoms with E-state index in [1.165, 1.54) is 0 Å². The normalized spacial score (nSPS) is 15.3. The van der Waals surface area contributed by atoms with Gasteiger partial charge in [0.1, 0.15) is 11.4 Å². The quantitative estimate of drug-likeness (QED) is 0.553. The fourth-order valence-corrected chi connectivity index (χ4v) is 3.75. The molecule has 1 saturated heterocycles. The lowest BCUT2D eigenvalue weighted by Crippen LogP contribution is -2.34. The van der Waals surface area contributed by atoms with Gasteiger partial charge in [-0.15, -0.1) is 0 Å². The van der Waals surface area contributed by atoms with Crippen molar-refractivity contribution in [3.05, 3.63) is 54.2 Å². The summed E-state index contributed by atoms with van der Waals surface area (Å²) in [5.74, 6) is 3.15. The number of piperidine rings is 1. The molecule has 4 aromatic rings. The Hall–Kier alpha value is -3.26. The molecule has 0 spiro atoms. The number of hydrogen-bond acceptors (Lipinski definition) is 8. The highest BCUT2D eigenvalue weighted by Gasteiger charge is 2.23. The average Bonchev–Trinajstić information content (AvgIpc) is 3.41. The van der Waals surface area contributed by atoms with Crippen molar-refractivity contribution in [1.82, 2.24) is 20.1 Å². The first-order valence-corrected chi connectivity index (χ1v) is 9.76. The standard InChI is InChI=1S/C21H21N5O3/c27-13-15-1-2-20(23-11-15)26-7-4-14(5-8-26)9-19-24-21(29-25-19)18-10-16-12-22-6-3-17(16)28-18/h1-3,6,10-12,14,27H,4-5,7-9,13H2. The van der Waals surface area contributed by atoms with Crippen LogP contribution < -0.4 is 4.90 Å². The minimum atomic E-state index is 0.0208. The topological polar surface area (TPSA) is 101 Å². The highest BCUT2D eigenvalue weighted by molar-refractivity contribution is 5.80. The highest BCUT2D eigenvalue weighted by atomic mass is 16.5. The largest absolute Gasteiger partial charge is 0.451 e. The predicted molar refractivity (Wildman–Crippen MR) is 106 cm³/mol. The predicted octanol–water partition coefficient (Wildman–Crippen LogP) is 3.22. The molecule has 5 heterocycles. The number of anilines is 1. The maximum Gasteiger partial charge on any atom is 0.293 e. The van der Waals surface area contributed by atoms with Gasteiger partial charge in [-0.2, -0.15) is 4.98 Å². The fourth-order valence-electron chi connectivity index (χ4n) is 3.75. The van der Waals surface area contributed by atoms with Crippen molar-refractivity contribution >= 4 is 16.8 Å². The molecule has 1 aliphatic heterocycles. The van der Waals surface area contributed by atoms with Crippen LogP contribution in [-0.4, -0.2) is 38.3 Å². The van der Waals surface area contributed by atoms with Gasteiger partial charge in [-0.3, -0.25) is 4.98 Å². The van der Waals surface area contributed by atoms with Crippen molar-refractivity contribution in [3.63, 3.8) is 0 Å². The van der Waals surface area contributed by atoms with Gasteiger partial charge in [0.05, 0.1) is 6.61 Å². The van der Waals surface area contributed by atoms with Crippen molar-refractivity contribution in [3.8, 4) is 11.7 Å². The molecule has 0 unspecified atom stereocenters. The van der Waals surface area contributed by atoms with Gasteiger partial charge in [-0.25, -0.2) is 4.98 Å². The molecule has 29 heavy (non-hydrogen) atoms. The summed E-state index contributed by atoms with van der Waals surface area (Å²) in [6, 6.07) is 7.58. The van der Waals surface area contributed by atoms with Crippen LogP contribution >= 0.6 is 0 Å². The Balaban J connectivity index is 1.21. The molecule has 8 heteroatoms. The smallest absolute Gasteiger partial charge is 0.293 e. The summed E-state index contributed by atoms with van der Waals surface area (Å²) in [5.41, 5.74) is 1.58. The number of aliphatic hydroxyl groups is 1. The summed E-state index contributed by atoms with van der Waals surface area (Å²) in [5, 5.41) is 14.2. The Bertz CT molecular complexity index is 1060. The zero-order valence-electron chi connectivity index (χ0n) is 15.9. The van der Waals surface area contributed by atoms with E-state index in [0.717, 1.165) is 54.7 Å². The number of nitrogens with zero attached hydrogens (tertiary/aromatic N) is 5. The maximum absolute atomic E-state index is 9.14. The van der Waals surface area contributed by atoms with E-state index < -0.39 is 0 Å². The first kappa shape index (κ1) is 17.8. The Labute approximate surface area is 167 Å². The number of aliphatic hydroxyl groups excluding tert-OH is 1. The van der Waals surface area contributed by atoms with Crippen LogP contribution in [0.25, 0.3) is 22.6 Å². The SMILES string of the molecule is OCc1ccc(N2CCC(Cc3noc(-c4cc5cnccc5o4)n3)CC2)nc1. The first-order valence-electron chi connectivity index (χ1n) is 9.76. The van der Waals surface area contributed by atoms with Gasteiger partial charge in [-0.05, 0) is 42.5 Å². The van der Waals surface area contributed by atoms with E-state index in [2.05, 4.69) is 25.0 Å². The zero-order chi connectivity index (χ0) is 19.6. The molecule has 0 atom stereocenters. The monoisotopic (exact) mass is 391 g/mol. The van der Waals surface area contributed by atoms with Gasteiger partial charge in [-0.1, -0.05) is 11.2 Å². The third-order valence-corrected chi connectivity index (χ3v) is 5.40. The van der Waals surface area contributed by atoms with Gasteiger partial charge in [0.25, 0.3) is 5.89 Å². The molecular weight excluding hydrogens is 370 g/mol. The zero-order valence-corrected chi connectivity index (χ0v) is 15.9. The lowest BCUT2D eigenvalue weighted by molar-refractivity contribution is 0.281. The molecule has 8 nitrogen and oxygen atoms in total. The molecule has 0 bridgehead atoms. The van der Waals surface area contributed by atoms with E-state index >= 15 is 0 Å². The van der Waals surface area contributed by atoms with E-state index in [-0.39, 0.29) is 6.61 Å². The fraction of sp³-hybridized carbons (Fsp3) is 0.333. The molecular formula is C21H21N5O3. The second-order valence-corrected chi connectivity index (χ2v) is 7.36. The van der Waals surface area contributed by atoms with Crippen LogP contribution in [-0.2, 0) is 13.0 Å². The van der Waals surface area contributed by atoms with Gasteiger partial charge in [0, 0.05) is 43.5 Å². The van der Waals surface area contributed by atoms with Crippen LogP contribution in [0.4, 0.5) is 5.82 Å². The van der Waals surface area contributed by atoms with Gasteiger partial charge in [0.2, 0.25) is 0 Å². The molecule has 0 aliphatic carbocycles. The van der Waals surface area contributed by atoms with Crippen molar-refractivity contribution < 1.29 is 14.0 Å². The number of fused-ring (bicyclic) bond motifs is 1. The molecule has 4 aromatic heterocycles. The second kappa shape index (κ2) is 7.63.